The van der Waals surface area contributed by atoms with Crippen molar-refractivity contribution >= 4 is 24.2 Å². The highest BCUT2D eigenvalue weighted by Gasteiger charge is 2.25. The molecule has 2 amide bonds. The Morgan fingerprint density at radius 1 is 1.26 bits per heavy atom. The highest BCUT2D eigenvalue weighted by Crippen LogP contribution is 2.17. The van der Waals surface area contributed by atoms with Crippen LogP contribution >= 0.6 is 12.4 Å². The third kappa shape index (κ3) is 5.78. The Morgan fingerprint density at radius 3 is 2.53 bits per heavy atom. The molecule has 1 unspecified atom stereocenters. The molecule has 1 aliphatic rings. The minimum absolute atomic E-state index is 0. The number of nitrogens with zero attached hydrogens (tertiary/aromatic N) is 2. The molecule has 6 heteroatoms. The van der Waals surface area contributed by atoms with Crippen LogP contribution in [0.25, 0.3) is 0 Å². The van der Waals surface area contributed by atoms with Crippen molar-refractivity contribution in [2.75, 3.05) is 27.2 Å². The molecule has 0 radical (unpaired) electrons. The Labute approximate surface area is 121 Å². The molecule has 5 nitrogen and oxygen atoms in total. The first kappa shape index (κ1) is 18.2. The number of halogens is 1. The summed E-state index contributed by atoms with van der Waals surface area (Å²) in [5.41, 5.74) is 5.69. The highest BCUT2D eigenvalue weighted by molar-refractivity contribution is 5.85. The fraction of sp³-hybridized carbons (Fsp3) is 0.846. The number of rotatable bonds is 5. The van der Waals surface area contributed by atoms with E-state index in [0.29, 0.717) is 25.8 Å². The Balaban J connectivity index is 0.00000324. The first-order valence-electron chi connectivity index (χ1n) is 6.76. The molecule has 112 valence electrons. The Hall–Kier alpha value is -0.810. The number of carbonyl (C=O) groups excluding carboxylic acids is 2. The smallest absolute Gasteiger partial charge is 0.222 e. The van der Waals surface area contributed by atoms with E-state index in [1.807, 2.05) is 4.90 Å². The maximum absolute atomic E-state index is 12.1. The zero-order valence-corrected chi connectivity index (χ0v) is 12.7. The van der Waals surface area contributed by atoms with Crippen LogP contribution in [0.4, 0.5) is 0 Å². The molecular weight excluding hydrogens is 266 g/mol. The molecule has 0 aromatic heterocycles. The van der Waals surface area contributed by atoms with Crippen molar-refractivity contribution in [2.24, 2.45) is 5.73 Å². The summed E-state index contributed by atoms with van der Waals surface area (Å²) in [5, 5.41) is 0. The molecule has 19 heavy (non-hydrogen) atoms. The fourth-order valence-corrected chi connectivity index (χ4v) is 2.33. The molecule has 2 N–H and O–H groups in total. The molecule has 0 aromatic carbocycles. The van der Waals surface area contributed by atoms with E-state index in [1.54, 1.807) is 19.0 Å². The number of nitrogens with two attached hydrogens (primary N) is 1. The van der Waals surface area contributed by atoms with E-state index in [9.17, 15) is 9.59 Å². The van der Waals surface area contributed by atoms with Gasteiger partial charge in [0.1, 0.15) is 0 Å². The van der Waals surface area contributed by atoms with Crippen molar-refractivity contribution in [3.8, 4) is 0 Å². The fourth-order valence-electron chi connectivity index (χ4n) is 2.33. The topological polar surface area (TPSA) is 66.6 Å². The minimum Gasteiger partial charge on any atom is -0.349 e. The van der Waals surface area contributed by atoms with E-state index in [4.69, 9.17) is 5.73 Å². The number of amides is 2. The molecular formula is C13H26ClN3O2. The summed E-state index contributed by atoms with van der Waals surface area (Å²) >= 11 is 0. The van der Waals surface area contributed by atoms with Gasteiger partial charge in [0.2, 0.25) is 11.8 Å². The predicted molar refractivity (Wildman–Crippen MR) is 78.2 cm³/mol. The molecule has 1 aliphatic heterocycles. The number of hydrogen-bond donors (Lipinski definition) is 1. The van der Waals surface area contributed by atoms with Gasteiger partial charge in [-0.05, 0) is 25.7 Å². The van der Waals surface area contributed by atoms with Crippen molar-refractivity contribution in [1.82, 2.24) is 9.80 Å². The molecule has 1 saturated heterocycles. The summed E-state index contributed by atoms with van der Waals surface area (Å²) in [4.78, 5) is 26.9. The molecule has 0 aliphatic carbocycles. The lowest BCUT2D eigenvalue weighted by Crippen LogP contribution is -2.47. The second kappa shape index (κ2) is 9.15. The van der Waals surface area contributed by atoms with E-state index in [1.165, 1.54) is 0 Å². The van der Waals surface area contributed by atoms with Crippen LogP contribution in [0.1, 0.15) is 38.5 Å². The largest absolute Gasteiger partial charge is 0.349 e. The molecule has 0 bridgehead atoms. The first-order valence-corrected chi connectivity index (χ1v) is 6.76. The van der Waals surface area contributed by atoms with Crippen LogP contribution in [-0.4, -0.2) is 54.8 Å². The first-order chi connectivity index (χ1) is 8.56. The van der Waals surface area contributed by atoms with Gasteiger partial charge in [-0.1, -0.05) is 0 Å². The van der Waals surface area contributed by atoms with Crippen LogP contribution in [0.2, 0.25) is 0 Å². The van der Waals surface area contributed by atoms with E-state index in [0.717, 1.165) is 25.8 Å². The molecule has 1 heterocycles. The summed E-state index contributed by atoms with van der Waals surface area (Å²) in [6.45, 7) is 1.37. The van der Waals surface area contributed by atoms with Crippen LogP contribution in [0, 0.1) is 0 Å². The van der Waals surface area contributed by atoms with E-state index in [2.05, 4.69) is 0 Å². The third-order valence-corrected chi connectivity index (χ3v) is 3.50. The second-order valence-electron chi connectivity index (χ2n) is 5.11. The average Bonchev–Trinajstić information content (AvgIpc) is 2.38. The maximum atomic E-state index is 12.1. The Morgan fingerprint density at radius 2 is 1.95 bits per heavy atom. The highest BCUT2D eigenvalue weighted by atomic mass is 35.5. The standard InChI is InChI=1S/C13H25N3O2.ClH/c1-15(2)12(17)7-5-8-13(18)16-9-4-3-6-11(16)10-14;/h11H,3-10,14H2,1-2H3;1H. The van der Waals surface area contributed by atoms with Crippen LogP contribution in [0.15, 0.2) is 0 Å². The van der Waals surface area contributed by atoms with Gasteiger partial charge in [0.05, 0.1) is 0 Å². The molecule has 0 saturated carbocycles. The maximum Gasteiger partial charge on any atom is 0.222 e. The predicted octanol–water partition coefficient (Wildman–Crippen LogP) is 1.01. The van der Waals surface area contributed by atoms with Gasteiger partial charge >= 0.3 is 0 Å². The lowest BCUT2D eigenvalue weighted by Gasteiger charge is -2.35. The Bertz CT molecular complexity index is 298. The van der Waals surface area contributed by atoms with Crippen molar-refractivity contribution < 1.29 is 9.59 Å². The summed E-state index contributed by atoms with van der Waals surface area (Å²) < 4.78 is 0. The average molecular weight is 292 g/mol. The van der Waals surface area contributed by atoms with Crippen LogP contribution < -0.4 is 5.73 Å². The molecule has 1 fully saturated rings. The third-order valence-electron chi connectivity index (χ3n) is 3.50. The number of hydrogen-bond acceptors (Lipinski definition) is 3. The normalized spacial score (nSPS) is 18.7. The lowest BCUT2D eigenvalue weighted by molar-refractivity contribution is -0.135. The van der Waals surface area contributed by atoms with Gasteiger partial charge in [0, 0.05) is 46.1 Å². The summed E-state index contributed by atoms with van der Waals surface area (Å²) in [7, 11) is 3.47. The second-order valence-corrected chi connectivity index (χ2v) is 5.11. The zero-order valence-electron chi connectivity index (χ0n) is 11.9. The SMILES string of the molecule is CN(C)C(=O)CCCC(=O)N1CCCCC1CN.Cl. The van der Waals surface area contributed by atoms with Crippen LogP contribution in [0.3, 0.4) is 0 Å². The van der Waals surface area contributed by atoms with Crippen LogP contribution in [0.5, 0.6) is 0 Å². The van der Waals surface area contributed by atoms with Gasteiger partial charge in [-0.3, -0.25) is 9.59 Å². The van der Waals surface area contributed by atoms with Crippen molar-refractivity contribution in [1.29, 1.82) is 0 Å². The van der Waals surface area contributed by atoms with Gasteiger partial charge in [-0.2, -0.15) is 0 Å². The number of carbonyl (C=O) groups is 2. The Kier molecular flexibility index (Phi) is 8.76. The zero-order chi connectivity index (χ0) is 13.5. The monoisotopic (exact) mass is 291 g/mol. The molecule has 1 rings (SSSR count). The van der Waals surface area contributed by atoms with Crippen LogP contribution in [-0.2, 0) is 9.59 Å². The van der Waals surface area contributed by atoms with Gasteiger partial charge < -0.3 is 15.5 Å². The summed E-state index contributed by atoms with van der Waals surface area (Å²) in [5.74, 6) is 0.230. The van der Waals surface area contributed by atoms with Crippen molar-refractivity contribution in [2.45, 2.75) is 44.6 Å². The van der Waals surface area contributed by atoms with E-state index >= 15 is 0 Å². The van der Waals surface area contributed by atoms with Gasteiger partial charge in [0.25, 0.3) is 0 Å². The number of likely N-dealkylation sites (tertiary alicyclic amines) is 1. The van der Waals surface area contributed by atoms with E-state index in [-0.39, 0.29) is 30.3 Å². The molecule has 0 spiro atoms. The van der Waals surface area contributed by atoms with Gasteiger partial charge in [-0.25, -0.2) is 0 Å². The van der Waals surface area contributed by atoms with Gasteiger partial charge in [-0.15, -0.1) is 12.4 Å². The number of piperidine rings is 1. The molecule has 0 aromatic rings. The minimum atomic E-state index is 0. The van der Waals surface area contributed by atoms with Crippen molar-refractivity contribution in [3.05, 3.63) is 0 Å². The summed E-state index contributed by atoms with van der Waals surface area (Å²) in [6, 6.07) is 0.204. The summed E-state index contributed by atoms with van der Waals surface area (Å²) in [6.07, 6.45) is 4.77. The van der Waals surface area contributed by atoms with E-state index < -0.39 is 0 Å². The van der Waals surface area contributed by atoms with Gasteiger partial charge in [0.15, 0.2) is 0 Å². The van der Waals surface area contributed by atoms with Crippen molar-refractivity contribution in [3.63, 3.8) is 0 Å². The molecule has 1 atom stereocenters. The quantitative estimate of drug-likeness (QED) is 0.822. The lowest BCUT2D eigenvalue weighted by atomic mass is 10.0.